The minimum Gasteiger partial charge on any atom is -0.386 e. The van der Waals surface area contributed by atoms with Gasteiger partial charge in [-0.1, -0.05) is 17.7 Å². The molecule has 0 radical (unpaired) electrons. The van der Waals surface area contributed by atoms with Gasteiger partial charge in [0.15, 0.2) is 5.82 Å². The van der Waals surface area contributed by atoms with Gasteiger partial charge < -0.3 is 20.9 Å². The Hall–Kier alpha value is -3.06. The molecule has 0 unspecified atom stereocenters. The number of anilines is 5. The molecule has 0 saturated carbocycles. The SMILES string of the molecule is CNc1cc(C)ccc1Nc1nc(Nc2c[nH]c(=O)cc2C)ncc1Cl. The summed E-state index contributed by atoms with van der Waals surface area (Å²) >= 11 is 6.24. The Kier molecular flexibility index (Phi) is 5.09. The molecule has 0 aliphatic rings. The normalized spacial score (nSPS) is 10.5. The second-order valence-electron chi connectivity index (χ2n) is 5.83. The Morgan fingerprint density at radius 1 is 1.08 bits per heavy atom. The number of halogens is 1. The molecule has 1 aromatic carbocycles. The van der Waals surface area contributed by atoms with Crippen LogP contribution in [0.4, 0.5) is 28.8 Å². The predicted molar refractivity (Wildman–Crippen MR) is 106 cm³/mol. The summed E-state index contributed by atoms with van der Waals surface area (Å²) in [5.41, 5.74) is 4.27. The molecule has 0 saturated heterocycles. The number of aryl methyl sites for hydroxylation is 2. The van der Waals surface area contributed by atoms with E-state index in [4.69, 9.17) is 11.6 Å². The van der Waals surface area contributed by atoms with Crippen molar-refractivity contribution in [3.05, 3.63) is 63.2 Å². The zero-order chi connectivity index (χ0) is 18.7. The Morgan fingerprint density at radius 2 is 1.88 bits per heavy atom. The van der Waals surface area contributed by atoms with Gasteiger partial charge in [-0.15, -0.1) is 0 Å². The van der Waals surface area contributed by atoms with Crippen LogP contribution in [0.25, 0.3) is 0 Å². The molecule has 2 heterocycles. The largest absolute Gasteiger partial charge is 0.386 e. The fourth-order valence-electron chi connectivity index (χ4n) is 2.44. The third kappa shape index (κ3) is 3.94. The average molecular weight is 371 g/mol. The standard InChI is InChI=1S/C18H19ClN6O/c1-10-4-5-13(14(6-10)20-3)23-17-12(19)8-22-18(25-17)24-15-9-21-16(26)7-11(15)2/h4-9,20H,1-3H3,(H,21,26)(H2,22,23,24,25). The van der Waals surface area contributed by atoms with E-state index < -0.39 is 0 Å². The highest BCUT2D eigenvalue weighted by Gasteiger charge is 2.10. The van der Waals surface area contributed by atoms with Crippen LogP contribution in [0.3, 0.4) is 0 Å². The molecule has 3 rings (SSSR count). The van der Waals surface area contributed by atoms with Crippen molar-refractivity contribution in [1.82, 2.24) is 15.0 Å². The lowest BCUT2D eigenvalue weighted by Crippen LogP contribution is -2.08. The maximum absolute atomic E-state index is 11.3. The van der Waals surface area contributed by atoms with Crippen LogP contribution in [0, 0.1) is 13.8 Å². The van der Waals surface area contributed by atoms with Crippen LogP contribution < -0.4 is 21.5 Å². The molecule has 0 aliphatic carbocycles. The van der Waals surface area contributed by atoms with E-state index in [0.29, 0.717) is 22.5 Å². The van der Waals surface area contributed by atoms with Crippen molar-refractivity contribution in [2.75, 3.05) is 23.0 Å². The van der Waals surface area contributed by atoms with Crippen molar-refractivity contribution in [2.45, 2.75) is 13.8 Å². The lowest BCUT2D eigenvalue weighted by molar-refractivity contribution is 1.14. The van der Waals surface area contributed by atoms with Crippen molar-refractivity contribution in [3.8, 4) is 0 Å². The fourth-order valence-corrected chi connectivity index (χ4v) is 2.58. The molecule has 0 bridgehead atoms. The molecule has 26 heavy (non-hydrogen) atoms. The van der Waals surface area contributed by atoms with Gasteiger partial charge in [0.1, 0.15) is 5.02 Å². The third-order valence-electron chi connectivity index (χ3n) is 3.82. The number of H-pyrrole nitrogens is 1. The van der Waals surface area contributed by atoms with E-state index in [-0.39, 0.29) is 5.56 Å². The maximum Gasteiger partial charge on any atom is 0.248 e. The van der Waals surface area contributed by atoms with Gasteiger partial charge in [-0.25, -0.2) is 4.98 Å². The van der Waals surface area contributed by atoms with E-state index in [1.54, 1.807) is 6.20 Å². The van der Waals surface area contributed by atoms with Crippen molar-refractivity contribution >= 4 is 40.4 Å². The summed E-state index contributed by atoms with van der Waals surface area (Å²) in [6, 6.07) is 7.49. The number of pyridine rings is 1. The number of aromatic nitrogens is 3. The summed E-state index contributed by atoms with van der Waals surface area (Å²) in [6.45, 7) is 3.86. The van der Waals surface area contributed by atoms with Gasteiger partial charge in [0, 0.05) is 19.3 Å². The van der Waals surface area contributed by atoms with Crippen molar-refractivity contribution < 1.29 is 0 Å². The second kappa shape index (κ2) is 7.45. The molecule has 8 heteroatoms. The molecule has 2 aromatic heterocycles. The van der Waals surface area contributed by atoms with Crippen molar-refractivity contribution in [3.63, 3.8) is 0 Å². The molecule has 0 atom stereocenters. The molecule has 7 nitrogen and oxygen atoms in total. The number of rotatable bonds is 5. The van der Waals surface area contributed by atoms with Gasteiger partial charge in [0.2, 0.25) is 11.5 Å². The van der Waals surface area contributed by atoms with E-state index in [1.165, 1.54) is 12.3 Å². The van der Waals surface area contributed by atoms with E-state index in [9.17, 15) is 4.79 Å². The van der Waals surface area contributed by atoms with Crippen LogP contribution in [0.5, 0.6) is 0 Å². The molecule has 0 aliphatic heterocycles. The minimum atomic E-state index is -0.161. The van der Waals surface area contributed by atoms with Gasteiger partial charge in [-0.3, -0.25) is 4.79 Å². The van der Waals surface area contributed by atoms with E-state index in [1.807, 2.05) is 39.1 Å². The average Bonchev–Trinajstić information content (AvgIpc) is 2.61. The van der Waals surface area contributed by atoms with Gasteiger partial charge in [-0.2, -0.15) is 4.98 Å². The van der Waals surface area contributed by atoms with Crippen molar-refractivity contribution in [2.24, 2.45) is 0 Å². The third-order valence-corrected chi connectivity index (χ3v) is 4.10. The predicted octanol–water partition coefficient (Wildman–Crippen LogP) is 3.96. The molecular formula is C18H19ClN6O. The highest BCUT2D eigenvalue weighted by Crippen LogP contribution is 2.29. The molecule has 0 fully saturated rings. The smallest absolute Gasteiger partial charge is 0.248 e. The van der Waals surface area contributed by atoms with Crippen LogP contribution in [0.15, 0.2) is 41.5 Å². The maximum atomic E-state index is 11.3. The van der Waals surface area contributed by atoms with E-state index >= 15 is 0 Å². The Bertz CT molecular complexity index is 1000. The summed E-state index contributed by atoms with van der Waals surface area (Å²) in [4.78, 5) is 22.6. The number of hydrogen-bond donors (Lipinski definition) is 4. The first-order valence-corrected chi connectivity index (χ1v) is 8.38. The van der Waals surface area contributed by atoms with Gasteiger partial charge in [-0.05, 0) is 37.1 Å². The van der Waals surface area contributed by atoms with Crippen molar-refractivity contribution in [1.29, 1.82) is 0 Å². The van der Waals surface area contributed by atoms with Crippen LogP contribution in [-0.2, 0) is 0 Å². The van der Waals surface area contributed by atoms with Crippen LogP contribution in [0.2, 0.25) is 5.02 Å². The fraction of sp³-hybridized carbons (Fsp3) is 0.167. The lowest BCUT2D eigenvalue weighted by Gasteiger charge is -2.14. The highest BCUT2D eigenvalue weighted by molar-refractivity contribution is 6.33. The molecule has 0 amide bonds. The zero-order valence-electron chi connectivity index (χ0n) is 14.6. The summed E-state index contributed by atoms with van der Waals surface area (Å²) in [5.74, 6) is 0.844. The van der Waals surface area contributed by atoms with Crippen LogP contribution >= 0.6 is 11.6 Å². The zero-order valence-corrected chi connectivity index (χ0v) is 15.4. The van der Waals surface area contributed by atoms with E-state index in [2.05, 4.69) is 30.9 Å². The highest BCUT2D eigenvalue weighted by atomic mass is 35.5. The number of aromatic amines is 1. The topological polar surface area (TPSA) is 94.7 Å². The van der Waals surface area contributed by atoms with Gasteiger partial charge >= 0.3 is 0 Å². The second-order valence-corrected chi connectivity index (χ2v) is 6.24. The first-order chi connectivity index (χ1) is 12.5. The Labute approximate surface area is 155 Å². The van der Waals surface area contributed by atoms with Gasteiger partial charge in [0.25, 0.3) is 0 Å². The number of benzene rings is 1. The molecule has 134 valence electrons. The quantitative estimate of drug-likeness (QED) is 0.543. The lowest BCUT2D eigenvalue weighted by atomic mass is 10.2. The number of nitrogens with one attached hydrogen (secondary N) is 4. The summed E-state index contributed by atoms with van der Waals surface area (Å²) in [7, 11) is 1.85. The number of nitrogens with zero attached hydrogens (tertiary/aromatic N) is 2. The summed E-state index contributed by atoms with van der Waals surface area (Å²) in [5, 5.41) is 9.85. The molecule has 4 N–H and O–H groups in total. The minimum absolute atomic E-state index is 0.161. The monoisotopic (exact) mass is 370 g/mol. The summed E-state index contributed by atoms with van der Waals surface area (Å²) < 4.78 is 0. The van der Waals surface area contributed by atoms with Crippen LogP contribution in [0.1, 0.15) is 11.1 Å². The molecule has 0 spiro atoms. The van der Waals surface area contributed by atoms with E-state index in [0.717, 1.165) is 22.5 Å². The number of hydrogen-bond acceptors (Lipinski definition) is 6. The van der Waals surface area contributed by atoms with Gasteiger partial charge in [0.05, 0.1) is 23.3 Å². The first kappa shape index (κ1) is 17.8. The molecular weight excluding hydrogens is 352 g/mol. The molecule has 3 aromatic rings. The first-order valence-electron chi connectivity index (χ1n) is 8.00. The van der Waals surface area contributed by atoms with Crippen LogP contribution in [-0.4, -0.2) is 22.0 Å². The Morgan fingerprint density at radius 3 is 2.62 bits per heavy atom. The summed E-state index contributed by atoms with van der Waals surface area (Å²) in [6.07, 6.45) is 3.11. The Balaban J connectivity index is 1.89.